The van der Waals surface area contributed by atoms with Crippen LogP contribution in [0, 0.1) is 0 Å². The van der Waals surface area contributed by atoms with Gasteiger partial charge in [-0.1, -0.05) is 12.8 Å². The first-order chi connectivity index (χ1) is 8.66. The van der Waals surface area contributed by atoms with Crippen molar-refractivity contribution in [2.24, 2.45) is 0 Å². The highest BCUT2D eigenvalue weighted by molar-refractivity contribution is 9.11. The van der Waals surface area contributed by atoms with Gasteiger partial charge in [0.2, 0.25) is 0 Å². The van der Waals surface area contributed by atoms with Gasteiger partial charge < -0.3 is 9.88 Å². The van der Waals surface area contributed by atoms with E-state index in [0.29, 0.717) is 10.5 Å². The summed E-state index contributed by atoms with van der Waals surface area (Å²) in [6, 6.07) is 2.49. The fourth-order valence-corrected chi connectivity index (χ4v) is 3.67. The Kier molecular flexibility index (Phi) is 5.45. The van der Waals surface area contributed by atoms with Gasteiger partial charge in [0.15, 0.2) is 0 Å². The van der Waals surface area contributed by atoms with Crippen molar-refractivity contribution in [1.29, 1.82) is 0 Å². The zero-order valence-electron chi connectivity index (χ0n) is 10.3. The first kappa shape index (κ1) is 14.3. The molecule has 1 saturated carbocycles. The summed E-state index contributed by atoms with van der Waals surface area (Å²) < 4.78 is 3.29. The van der Waals surface area contributed by atoms with Gasteiger partial charge in [-0.05, 0) is 63.7 Å². The fraction of sp³-hybridized carbons (Fsp3) is 0.615. The minimum atomic E-state index is 0.0408. The van der Waals surface area contributed by atoms with Crippen molar-refractivity contribution in [2.45, 2.75) is 44.7 Å². The van der Waals surface area contributed by atoms with E-state index in [-0.39, 0.29) is 5.56 Å². The first-order valence-electron chi connectivity index (χ1n) is 6.45. The van der Waals surface area contributed by atoms with Gasteiger partial charge >= 0.3 is 0 Å². The molecule has 5 heteroatoms. The van der Waals surface area contributed by atoms with E-state index in [1.54, 1.807) is 10.6 Å². The van der Waals surface area contributed by atoms with E-state index in [0.717, 1.165) is 24.0 Å². The van der Waals surface area contributed by atoms with Crippen LogP contribution in [0.5, 0.6) is 0 Å². The molecule has 0 saturated heterocycles. The lowest BCUT2D eigenvalue weighted by molar-refractivity contribution is 0.492. The summed E-state index contributed by atoms with van der Waals surface area (Å²) >= 11 is 6.69. The molecular formula is C13H18Br2N2O. The largest absolute Gasteiger partial charge is 0.314 e. The summed E-state index contributed by atoms with van der Waals surface area (Å²) in [5.74, 6) is 0. The van der Waals surface area contributed by atoms with E-state index < -0.39 is 0 Å². The quantitative estimate of drug-likeness (QED) is 0.799. The van der Waals surface area contributed by atoms with Crippen molar-refractivity contribution in [3.05, 3.63) is 31.6 Å². The zero-order chi connectivity index (χ0) is 13.0. The smallest absolute Gasteiger partial charge is 0.264 e. The normalized spacial score (nSPS) is 16.3. The van der Waals surface area contributed by atoms with Crippen LogP contribution in [0.15, 0.2) is 26.0 Å². The summed E-state index contributed by atoms with van der Waals surface area (Å²) in [5.41, 5.74) is 0.0408. The van der Waals surface area contributed by atoms with Gasteiger partial charge in [-0.3, -0.25) is 4.79 Å². The van der Waals surface area contributed by atoms with Crippen LogP contribution in [0.2, 0.25) is 0 Å². The van der Waals surface area contributed by atoms with Gasteiger partial charge in [0, 0.05) is 23.3 Å². The molecule has 18 heavy (non-hydrogen) atoms. The maximum Gasteiger partial charge on any atom is 0.264 e. The molecule has 0 spiro atoms. The third-order valence-corrected chi connectivity index (χ3v) is 4.37. The van der Waals surface area contributed by atoms with Crippen LogP contribution in [-0.4, -0.2) is 17.2 Å². The Labute approximate surface area is 124 Å². The second-order valence-electron chi connectivity index (χ2n) is 4.79. The summed E-state index contributed by atoms with van der Waals surface area (Å²) in [7, 11) is 0. The Bertz CT molecular complexity index is 453. The Balaban J connectivity index is 1.81. The molecule has 1 aromatic rings. The van der Waals surface area contributed by atoms with Crippen molar-refractivity contribution in [3.63, 3.8) is 0 Å². The lowest BCUT2D eigenvalue weighted by Gasteiger charge is -2.12. The molecule has 1 aliphatic rings. The molecule has 100 valence electrons. The molecule has 1 aliphatic carbocycles. The average Bonchev–Trinajstić information content (AvgIpc) is 2.83. The van der Waals surface area contributed by atoms with Gasteiger partial charge in [-0.15, -0.1) is 0 Å². The van der Waals surface area contributed by atoms with Gasteiger partial charge in [0.1, 0.15) is 0 Å². The molecule has 2 rings (SSSR count). The molecule has 0 aromatic carbocycles. The molecule has 1 aromatic heterocycles. The summed E-state index contributed by atoms with van der Waals surface area (Å²) in [6.45, 7) is 1.75. The molecule has 0 aliphatic heterocycles. The number of rotatable bonds is 5. The second kappa shape index (κ2) is 6.87. The SMILES string of the molecule is O=c1c(Br)cc(Br)cn1CCCNC1CCCC1. The highest BCUT2D eigenvalue weighted by atomic mass is 79.9. The monoisotopic (exact) mass is 376 g/mol. The molecule has 0 amide bonds. The summed E-state index contributed by atoms with van der Waals surface area (Å²) in [5, 5.41) is 3.56. The Morgan fingerprint density at radius 1 is 1.33 bits per heavy atom. The fourth-order valence-electron chi connectivity index (χ4n) is 2.42. The highest BCUT2D eigenvalue weighted by Crippen LogP contribution is 2.17. The predicted molar refractivity (Wildman–Crippen MR) is 81.0 cm³/mol. The number of aromatic nitrogens is 1. The predicted octanol–water partition coefficient (Wildman–Crippen LogP) is 3.30. The van der Waals surface area contributed by atoms with Gasteiger partial charge in [-0.25, -0.2) is 0 Å². The lowest BCUT2D eigenvalue weighted by Crippen LogP contribution is -2.29. The molecule has 3 nitrogen and oxygen atoms in total. The van der Waals surface area contributed by atoms with Crippen LogP contribution in [0.3, 0.4) is 0 Å². The second-order valence-corrected chi connectivity index (χ2v) is 6.56. The third kappa shape index (κ3) is 3.93. The number of aryl methyl sites for hydroxylation is 1. The molecule has 1 fully saturated rings. The molecule has 0 bridgehead atoms. The summed E-state index contributed by atoms with van der Waals surface area (Å²) in [6.07, 6.45) is 8.16. The zero-order valence-corrected chi connectivity index (χ0v) is 13.5. The van der Waals surface area contributed by atoms with Crippen LogP contribution in [0.4, 0.5) is 0 Å². The van der Waals surface area contributed by atoms with Crippen LogP contribution in [0.1, 0.15) is 32.1 Å². The van der Waals surface area contributed by atoms with Crippen molar-refractivity contribution >= 4 is 31.9 Å². The number of hydrogen-bond acceptors (Lipinski definition) is 2. The molecule has 0 atom stereocenters. The molecule has 1 N–H and O–H groups in total. The maximum absolute atomic E-state index is 11.8. The Morgan fingerprint density at radius 3 is 2.78 bits per heavy atom. The van der Waals surface area contributed by atoms with Crippen LogP contribution in [0.25, 0.3) is 0 Å². The van der Waals surface area contributed by atoms with Gasteiger partial charge in [0.25, 0.3) is 5.56 Å². The average molecular weight is 378 g/mol. The lowest BCUT2D eigenvalue weighted by atomic mass is 10.2. The van der Waals surface area contributed by atoms with Crippen molar-refractivity contribution in [3.8, 4) is 0 Å². The molecular weight excluding hydrogens is 360 g/mol. The number of nitrogens with one attached hydrogen (secondary N) is 1. The van der Waals surface area contributed by atoms with E-state index in [9.17, 15) is 4.79 Å². The molecule has 1 heterocycles. The number of pyridine rings is 1. The van der Waals surface area contributed by atoms with E-state index in [1.807, 2.05) is 6.20 Å². The summed E-state index contributed by atoms with van der Waals surface area (Å²) in [4.78, 5) is 11.8. The Morgan fingerprint density at radius 2 is 2.06 bits per heavy atom. The minimum absolute atomic E-state index is 0.0408. The third-order valence-electron chi connectivity index (χ3n) is 3.37. The molecule has 0 radical (unpaired) electrons. The van der Waals surface area contributed by atoms with E-state index in [4.69, 9.17) is 0 Å². The van der Waals surface area contributed by atoms with E-state index in [1.165, 1.54) is 25.7 Å². The Hall–Kier alpha value is -0.130. The van der Waals surface area contributed by atoms with Crippen molar-refractivity contribution < 1.29 is 0 Å². The van der Waals surface area contributed by atoms with Crippen molar-refractivity contribution in [1.82, 2.24) is 9.88 Å². The maximum atomic E-state index is 11.8. The highest BCUT2D eigenvalue weighted by Gasteiger charge is 2.13. The van der Waals surface area contributed by atoms with E-state index in [2.05, 4.69) is 37.2 Å². The molecule has 0 unspecified atom stereocenters. The van der Waals surface area contributed by atoms with Crippen LogP contribution >= 0.6 is 31.9 Å². The minimum Gasteiger partial charge on any atom is -0.314 e. The van der Waals surface area contributed by atoms with Crippen molar-refractivity contribution in [2.75, 3.05) is 6.54 Å². The number of nitrogens with zero attached hydrogens (tertiary/aromatic N) is 1. The number of hydrogen-bond donors (Lipinski definition) is 1. The van der Waals surface area contributed by atoms with Gasteiger partial charge in [-0.2, -0.15) is 0 Å². The van der Waals surface area contributed by atoms with Gasteiger partial charge in [0.05, 0.1) is 4.47 Å². The van der Waals surface area contributed by atoms with E-state index >= 15 is 0 Å². The first-order valence-corrected chi connectivity index (χ1v) is 8.04. The van der Waals surface area contributed by atoms with Crippen LogP contribution < -0.4 is 10.9 Å². The van der Waals surface area contributed by atoms with Crippen LogP contribution in [-0.2, 0) is 6.54 Å². The topological polar surface area (TPSA) is 34.0 Å². The number of halogens is 2. The standard InChI is InChI=1S/C13H18Br2N2O/c14-10-8-12(15)13(18)17(9-10)7-3-6-16-11-4-1-2-5-11/h8-9,11,16H,1-7H2.